The van der Waals surface area contributed by atoms with E-state index in [4.69, 9.17) is 9.72 Å². The standard InChI is InChI=1S/C24H25N5O2/c1-16-6-9-18(10-7-16)22-27-19-5-4-12-25-23(19)29(22)14-13-26-24(30)28-20-15-17(2)8-11-21(20)31-3/h4-12,15H,13-14H2,1-3H3,(H2,26,28,30). The van der Waals surface area contributed by atoms with Crippen molar-refractivity contribution in [2.24, 2.45) is 0 Å². The van der Waals surface area contributed by atoms with E-state index in [1.54, 1.807) is 13.3 Å². The number of methoxy groups -OCH3 is 1. The second-order valence-corrected chi connectivity index (χ2v) is 7.38. The molecule has 0 aliphatic heterocycles. The Hall–Kier alpha value is -3.87. The second-order valence-electron chi connectivity index (χ2n) is 7.38. The molecular weight excluding hydrogens is 390 g/mol. The van der Waals surface area contributed by atoms with Gasteiger partial charge in [-0.3, -0.25) is 0 Å². The van der Waals surface area contributed by atoms with Crippen molar-refractivity contribution in [3.05, 3.63) is 71.9 Å². The van der Waals surface area contributed by atoms with Gasteiger partial charge in [-0.2, -0.15) is 0 Å². The Morgan fingerprint density at radius 2 is 1.84 bits per heavy atom. The number of benzene rings is 2. The molecule has 0 spiro atoms. The molecule has 0 bridgehead atoms. The van der Waals surface area contributed by atoms with E-state index in [0.717, 1.165) is 28.1 Å². The molecule has 4 rings (SSSR count). The highest BCUT2D eigenvalue weighted by molar-refractivity contribution is 5.91. The van der Waals surface area contributed by atoms with Gasteiger partial charge in [-0.25, -0.2) is 14.8 Å². The number of hydrogen-bond acceptors (Lipinski definition) is 4. The van der Waals surface area contributed by atoms with E-state index in [2.05, 4.69) is 46.8 Å². The summed E-state index contributed by atoms with van der Waals surface area (Å²) in [7, 11) is 1.58. The Morgan fingerprint density at radius 3 is 2.61 bits per heavy atom. The van der Waals surface area contributed by atoms with Gasteiger partial charge in [-0.1, -0.05) is 35.9 Å². The molecule has 0 radical (unpaired) electrons. The van der Waals surface area contributed by atoms with E-state index in [9.17, 15) is 4.79 Å². The molecule has 0 saturated heterocycles. The summed E-state index contributed by atoms with van der Waals surface area (Å²) in [5.74, 6) is 1.45. The van der Waals surface area contributed by atoms with Crippen LogP contribution < -0.4 is 15.4 Å². The van der Waals surface area contributed by atoms with Gasteiger partial charge < -0.3 is 19.9 Å². The Kier molecular flexibility index (Phi) is 5.84. The number of imidazole rings is 1. The summed E-state index contributed by atoms with van der Waals surface area (Å²) in [6.45, 7) is 4.97. The van der Waals surface area contributed by atoms with Crippen molar-refractivity contribution in [2.75, 3.05) is 19.0 Å². The third-order valence-electron chi connectivity index (χ3n) is 5.04. The number of fused-ring (bicyclic) bond motifs is 1. The van der Waals surface area contributed by atoms with Crippen LogP contribution >= 0.6 is 0 Å². The summed E-state index contributed by atoms with van der Waals surface area (Å²) in [5, 5.41) is 5.77. The monoisotopic (exact) mass is 415 g/mol. The zero-order chi connectivity index (χ0) is 21.8. The normalized spacial score (nSPS) is 10.8. The van der Waals surface area contributed by atoms with Crippen LogP contribution in [0.1, 0.15) is 11.1 Å². The van der Waals surface area contributed by atoms with Gasteiger partial charge in [0.05, 0.1) is 12.8 Å². The van der Waals surface area contributed by atoms with Crippen LogP contribution in [0.4, 0.5) is 10.5 Å². The minimum Gasteiger partial charge on any atom is -0.495 e. The van der Waals surface area contributed by atoms with Gasteiger partial charge in [0.1, 0.15) is 17.1 Å². The third kappa shape index (κ3) is 4.50. The number of aryl methyl sites for hydroxylation is 2. The van der Waals surface area contributed by atoms with E-state index in [-0.39, 0.29) is 6.03 Å². The highest BCUT2D eigenvalue weighted by atomic mass is 16.5. The summed E-state index contributed by atoms with van der Waals surface area (Å²) in [6.07, 6.45) is 1.75. The fourth-order valence-corrected chi connectivity index (χ4v) is 3.46. The van der Waals surface area contributed by atoms with E-state index in [1.807, 2.05) is 41.8 Å². The number of hydrogen-bond donors (Lipinski definition) is 2. The molecule has 2 aromatic heterocycles. The number of ether oxygens (including phenoxy) is 1. The lowest BCUT2D eigenvalue weighted by atomic mass is 10.1. The van der Waals surface area contributed by atoms with Crippen molar-refractivity contribution in [3.63, 3.8) is 0 Å². The first-order valence-corrected chi connectivity index (χ1v) is 10.1. The molecule has 4 aromatic rings. The summed E-state index contributed by atoms with van der Waals surface area (Å²) in [6, 6.07) is 17.4. The number of carbonyl (C=O) groups excluding carboxylic acids is 1. The van der Waals surface area contributed by atoms with E-state index in [0.29, 0.717) is 24.5 Å². The van der Waals surface area contributed by atoms with Gasteiger partial charge in [-0.15, -0.1) is 0 Å². The molecule has 2 N–H and O–H groups in total. The number of aromatic nitrogens is 3. The minimum atomic E-state index is -0.293. The van der Waals surface area contributed by atoms with Crippen LogP contribution in [0.5, 0.6) is 5.75 Å². The third-order valence-corrected chi connectivity index (χ3v) is 5.04. The maximum absolute atomic E-state index is 12.5. The number of nitrogens with one attached hydrogen (secondary N) is 2. The highest BCUT2D eigenvalue weighted by Crippen LogP contribution is 2.25. The van der Waals surface area contributed by atoms with Crippen molar-refractivity contribution >= 4 is 22.9 Å². The number of rotatable bonds is 6. The minimum absolute atomic E-state index is 0.293. The van der Waals surface area contributed by atoms with Gasteiger partial charge in [-0.05, 0) is 43.7 Å². The molecule has 158 valence electrons. The molecule has 0 saturated carbocycles. The molecule has 2 aromatic carbocycles. The van der Waals surface area contributed by atoms with Gasteiger partial charge in [0.15, 0.2) is 5.65 Å². The van der Waals surface area contributed by atoms with E-state index < -0.39 is 0 Å². The SMILES string of the molecule is COc1ccc(C)cc1NC(=O)NCCn1c(-c2ccc(C)cc2)nc2cccnc21. The first-order chi connectivity index (χ1) is 15.0. The summed E-state index contributed by atoms with van der Waals surface area (Å²) >= 11 is 0. The van der Waals surface area contributed by atoms with Crippen LogP contribution in [0.3, 0.4) is 0 Å². The molecule has 2 heterocycles. The molecule has 7 heteroatoms. The molecule has 0 aliphatic carbocycles. The number of pyridine rings is 1. The van der Waals surface area contributed by atoms with Gasteiger partial charge in [0.2, 0.25) is 0 Å². The molecule has 7 nitrogen and oxygen atoms in total. The Balaban J connectivity index is 1.50. The van der Waals surface area contributed by atoms with Crippen LogP contribution in [0.2, 0.25) is 0 Å². The van der Waals surface area contributed by atoms with Gasteiger partial charge >= 0.3 is 6.03 Å². The Bertz CT molecular complexity index is 1210. The van der Waals surface area contributed by atoms with Crippen molar-refractivity contribution in [1.82, 2.24) is 19.9 Å². The smallest absolute Gasteiger partial charge is 0.319 e. The van der Waals surface area contributed by atoms with E-state index in [1.165, 1.54) is 5.56 Å². The summed E-state index contributed by atoms with van der Waals surface area (Å²) in [5.41, 5.74) is 5.49. The maximum atomic E-state index is 12.5. The predicted octanol–water partition coefficient (Wildman–Crippen LogP) is 4.55. The lowest BCUT2D eigenvalue weighted by Crippen LogP contribution is -2.31. The van der Waals surface area contributed by atoms with Crippen molar-refractivity contribution in [1.29, 1.82) is 0 Å². The van der Waals surface area contributed by atoms with Crippen molar-refractivity contribution < 1.29 is 9.53 Å². The molecule has 0 fully saturated rings. The fourth-order valence-electron chi connectivity index (χ4n) is 3.46. The van der Waals surface area contributed by atoms with Gasteiger partial charge in [0, 0.05) is 24.8 Å². The summed E-state index contributed by atoms with van der Waals surface area (Å²) in [4.78, 5) is 21.7. The lowest BCUT2D eigenvalue weighted by molar-refractivity contribution is 0.251. The average molecular weight is 415 g/mol. The van der Waals surface area contributed by atoms with E-state index >= 15 is 0 Å². The van der Waals surface area contributed by atoms with Crippen LogP contribution in [0.15, 0.2) is 60.8 Å². The topological polar surface area (TPSA) is 81.1 Å². The second kappa shape index (κ2) is 8.87. The van der Waals surface area contributed by atoms with Crippen molar-refractivity contribution in [2.45, 2.75) is 20.4 Å². The van der Waals surface area contributed by atoms with Crippen molar-refractivity contribution in [3.8, 4) is 17.1 Å². The zero-order valence-electron chi connectivity index (χ0n) is 17.8. The maximum Gasteiger partial charge on any atom is 0.319 e. The van der Waals surface area contributed by atoms with Crippen LogP contribution in [-0.2, 0) is 6.54 Å². The van der Waals surface area contributed by atoms with Crippen LogP contribution in [0, 0.1) is 13.8 Å². The molecule has 31 heavy (non-hydrogen) atoms. The molecular formula is C24H25N5O2. The predicted molar refractivity (Wildman–Crippen MR) is 122 cm³/mol. The average Bonchev–Trinajstić information content (AvgIpc) is 3.13. The quantitative estimate of drug-likeness (QED) is 0.484. The van der Waals surface area contributed by atoms with Crippen LogP contribution in [-0.4, -0.2) is 34.2 Å². The summed E-state index contributed by atoms with van der Waals surface area (Å²) < 4.78 is 7.36. The zero-order valence-corrected chi connectivity index (χ0v) is 17.8. The number of amides is 2. The first kappa shape index (κ1) is 20.4. The molecule has 0 atom stereocenters. The number of carbonyl (C=O) groups is 1. The molecule has 0 aliphatic rings. The largest absolute Gasteiger partial charge is 0.495 e. The highest BCUT2D eigenvalue weighted by Gasteiger charge is 2.14. The number of nitrogens with zero attached hydrogens (tertiary/aromatic N) is 3. The molecule has 2 amide bonds. The lowest BCUT2D eigenvalue weighted by Gasteiger charge is -2.13. The van der Waals surface area contributed by atoms with Gasteiger partial charge in [0.25, 0.3) is 0 Å². The Labute approximate surface area is 181 Å². The number of anilines is 1. The first-order valence-electron chi connectivity index (χ1n) is 10.1. The Morgan fingerprint density at radius 1 is 1.06 bits per heavy atom. The molecule has 0 unspecified atom stereocenters. The van der Waals surface area contributed by atoms with Crippen LogP contribution in [0.25, 0.3) is 22.6 Å². The fraction of sp³-hybridized carbons (Fsp3) is 0.208. The number of urea groups is 1.